The van der Waals surface area contributed by atoms with Crippen molar-refractivity contribution >= 4 is 0 Å². The van der Waals surface area contributed by atoms with Gasteiger partial charge in [-0.05, 0) is 35.1 Å². The summed E-state index contributed by atoms with van der Waals surface area (Å²) in [6, 6.07) is 5.06. The van der Waals surface area contributed by atoms with Gasteiger partial charge in [-0.3, -0.25) is 4.98 Å². The number of aliphatic hydroxyl groups excluding tert-OH is 1. The van der Waals surface area contributed by atoms with E-state index in [0.717, 1.165) is 28.8 Å². The molecule has 1 heterocycles. The molecule has 0 saturated heterocycles. The molecule has 116 valence electrons. The number of rotatable bonds is 1. The van der Waals surface area contributed by atoms with E-state index in [1.54, 1.807) is 12.4 Å². The second kappa shape index (κ2) is 4.81. The van der Waals surface area contributed by atoms with Gasteiger partial charge in [0.15, 0.2) is 0 Å². The minimum atomic E-state index is -4.34. The first-order chi connectivity index (χ1) is 10.2. The first kappa shape index (κ1) is 15.0. The maximum absolute atomic E-state index is 12.6. The van der Waals surface area contributed by atoms with E-state index in [9.17, 15) is 18.3 Å². The average Bonchev–Trinajstić information content (AvgIpc) is 2.68. The van der Waals surface area contributed by atoms with Gasteiger partial charge in [0, 0.05) is 23.5 Å². The van der Waals surface area contributed by atoms with Crippen LogP contribution in [-0.2, 0) is 12.6 Å². The van der Waals surface area contributed by atoms with Crippen LogP contribution in [-0.4, -0.2) is 10.1 Å². The molecule has 1 aliphatic rings. The second-order valence-electron chi connectivity index (χ2n) is 6.40. The molecule has 5 heteroatoms. The standard InChI is InChI=1S/C17H16F3NO/c1-16(2)7-12-13(8-21-9-14(12)15(16)22)10-3-5-11(6-4-10)17(18,19)20/h3-6,8-9,15,22H,7H2,1-2H3. The minimum Gasteiger partial charge on any atom is -0.388 e. The summed E-state index contributed by atoms with van der Waals surface area (Å²) in [5, 5.41) is 10.3. The molecule has 1 N–H and O–H groups in total. The summed E-state index contributed by atoms with van der Waals surface area (Å²) in [6.45, 7) is 3.93. The molecular weight excluding hydrogens is 291 g/mol. The van der Waals surface area contributed by atoms with Crippen molar-refractivity contribution in [3.05, 3.63) is 53.3 Å². The monoisotopic (exact) mass is 307 g/mol. The maximum Gasteiger partial charge on any atom is 0.416 e. The first-order valence-corrected chi connectivity index (χ1v) is 7.02. The Morgan fingerprint density at radius 1 is 1.14 bits per heavy atom. The van der Waals surface area contributed by atoms with Crippen molar-refractivity contribution in [3.8, 4) is 11.1 Å². The number of alkyl halides is 3. The Balaban J connectivity index is 2.05. The average molecular weight is 307 g/mol. The van der Waals surface area contributed by atoms with Crippen LogP contribution in [0.1, 0.15) is 36.6 Å². The minimum absolute atomic E-state index is 0.300. The molecule has 0 aliphatic heterocycles. The lowest BCUT2D eigenvalue weighted by Crippen LogP contribution is -2.16. The van der Waals surface area contributed by atoms with Crippen molar-refractivity contribution in [1.29, 1.82) is 0 Å². The second-order valence-corrected chi connectivity index (χ2v) is 6.40. The van der Waals surface area contributed by atoms with Gasteiger partial charge >= 0.3 is 6.18 Å². The number of aromatic nitrogens is 1. The molecule has 2 nitrogen and oxygen atoms in total. The zero-order valence-electron chi connectivity index (χ0n) is 12.3. The van der Waals surface area contributed by atoms with Crippen LogP contribution in [0.2, 0.25) is 0 Å². The molecule has 0 bridgehead atoms. The smallest absolute Gasteiger partial charge is 0.388 e. The van der Waals surface area contributed by atoms with E-state index in [4.69, 9.17) is 0 Å². The van der Waals surface area contributed by atoms with Crippen molar-refractivity contribution in [2.75, 3.05) is 0 Å². The summed E-state index contributed by atoms with van der Waals surface area (Å²) in [6.07, 6.45) is -0.988. The number of nitrogens with zero attached hydrogens (tertiary/aromatic N) is 1. The SMILES string of the molecule is CC1(C)Cc2c(-c3ccc(C(F)(F)F)cc3)cncc2C1O. The zero-order valence-corrected chi connectivity index (χ0v) is 12.3. The van der Waals surface area contributed by atoms with E-state index >= 15 is 0 Å². The molecule has 1 unspecified atom stereocenters. The highest BCUT2D eigenvalue weighted by molar-refractivity contribution is 5.69. The maximum atomic E-state index is 12.6. The number of benzene rings is 1. The fourth-order valence-electron chi connectivity index (χ4n) is 3.00. The fourth-order valence-corrected chi connectivity index (χ4v) is 3.00. The van der Waals surface area contributed by atoms with Crippen LogP contribution in [0.25, 0.3) is 11.1 Å². The van der Waals surface area contributed by atoms with E-state index in [1.165, 1.54) is 12.1 Å². The molecule has 0 spiro atoms. The number of pyridine rings is 1. The summed E-state index contributed by atoms with van der Waals surface area (Å²) in [7, 11) is 0. The van der Waals surface area contributed by atoms with Crippen LogP contribution < -0.4 is 0 Å². The van der Waals surface area contributed by atoms with Crippen molar-refractivity contribution in [2.24, 2.45) is 5.41 Å². The summed E-state index contributed by atoms with van der Waals surface area (Å²) >= 11 is 0. The van der Waals surface area contributed by atoms with Gasteiger partial charge < -0.3 is 5.11 Å². The van der Waals surface area contributed by atoms with Gasteiger partial charge in [0.05, 0.1) is 11.7 Å². The third-order valence-corrected chi connectivity index (χ3v) is 4.28. The summed E-state index contributed by atoms with van der Waals surface area (Å²) < 4.78 is 37.9. The molecule has 1 aromatic heterocycles. The number of fused-ring (bicyclic) bond motifs is 1. The quantitative estimate of drug-likeness (QED) is 0.848. The number of hydrogen-bond donors (Lipinski definition) is 1. The number of hydrogen-bond acceptors (Lipinski definition) is 2. The lowest BCUT2D eigenvalue weighted by Gasteiger charge is -2.21. The predicted molar refractivity (Wildman–Crippen MR) is 77.1 cm³/mol. The van der Waals surface area contributed by atoms with E-state index in [0.29, 0.717) is 12.0 Å². The van der Waals surface area contributed by atoms with Crippen LogP contribution in [0.15, 0.2) is 36.7 Å². The lowest BCUT2D eigenvalue weighted by atomic mass is 9.87. The molecule has 0 saturated carbocycles. The number of aliphatic hydroxyl groups is 1. The van der Waals surface area contributed by atoms with Crippen LogP contribution in [0.5, 0.6) is 0 Å². The highest BCUT2D eigenvalue weighted by Crippen LogP contribution is 2.47. The van der Waals surface area contributed by atoms with E-state index in [1.807, 2.05) is 13.8 Å². The molecule has 0 radical (unpaired) electrons. The molecule has 22 heavy (non-hydrogen) atoms. The van der Waals surface area contributed by atoms with Crippen LogP contribution in [0.4, 0.5) is 13.2 Å². The van der Waals surface area contributed by atoms with Crippen molar-refractivity contribution < 1.29 is 18.3 Å². The molecule has 0 fully saturated rings. The van der Waals surface area contributed by atoms with Gasteiger partial charge in [0.1, 0.15) is 0 Å². The Morgan fingerprint density at radius 2 is 1.77 bits per heavy atom. The van der Waals surface area contributed by atoms with Crippen LogP contribution >= 0.6 is 0 Å². The van der Waals surface area contributed by atoms with Crippen molar-refractivity contribution in [2.45, 2.75) is 32.5 Å². The van der Waals surface area contributed by atoms with E-state index in [2.05, 4.69) is 4.98 Å². The van der Waals surface area contributed by atoms with Gasteiger partial charge in [-0.25, -0.2) is 0 Å². The normalized spacial score (nSPS) is 20.0. The third kappa shape index (κ3) is 2.39. The molecule has 1 atom stereocenters. The van der Waals surface area contributed by atoms with Crippen LogP contribution in [0, 0.1) is 5.41 Å². The predicted octanol–water partition coefficient (Wildman–Crippen LogP) is 4.38. The van der Waals surface area contributed by atoms with E-state index < -0.39 is 17.8 Å². The van der Waals surface area contributed by atoms with Crippen molar-refractivity contribution in [3.63, 3.8) is 0 Å². The highest BCUT2D eigenvalue weighted by atomic mass is 19.4. The molecular formula is C17H16F3NO. The fraction of sp³-hybridized carbons (Fsp3) is 0.353. The molecule has 1 aromatic carbocycles. The molecule has 1 aliphatic carbocycles. The summed E-state index contributed by atoms with van der Waals surface area (Å²) in [5.74, 6) is 0. The summed E-state index contributed by atoms with van der Waals surface area (Å²) in [4.78, 5) is 4.14. The third-order valence-electron chi connectivity index (χ3n) is 4.28. The largest absolute Gasteiger partial charge is 0.416 e. The highest BCUT2D eigenvalue weighted by Gasteiger charge is 2.39. The zero-order chi connectivity index (χ0) is 16.1. The summed E-state index contributed by atoms with van der Waals surface area (Å²) in [5.41, 5.74) is 2.23. The molecule has 0 amide bonds. The van der Waals surface area contributed by atoms with Gasteiger partial charge in [0.25, 0.3) is 0 Å². The Hall–Kier alpha value is -1.88. The molecule has 2 aromatic rings. The Labute approximate surface area is 126 Å². The van der Waals surface area contributed by atoms with E-state index in [-0.39, 0.29) is 5.41 Å². The van der Waals surface area contributed by atoms with Crippen LogP contribution in [0.3, 0.4) is 0 Å². The molecule has 3 rings (SSSR count). The lowest BCUT2D eigenvalue weighted by molar-refractivity contribution is -0.137. The Kier molecular flexibility index (Phi) is 3.29. The topological polar surface area (TPSA) is 33.1 Å². The Morgan fingerprint density at radius 3 is 2.36 bits per heavy atom. The van der Waals surface area contributed by atoms with Gasteiger partial charge in [-0.1, -0.05) is 26.0 Å². The van der Waals surface area contributed by atoms with Gasteiger partial charge in [-0.2, -0.15) is 13.2 Å². The number of halogens is 3. The van der Waals surface area contributed by atoms with Gasteiger partial charge in [0.2, 0.25) is 0 Å². The first-order valence-electron chi connectivity index (χ1n) is 7.02. The van der Waals surface area contributed by atoms with Gasteiger partial charge in [-0.15, -0.1) is 0 Å². The Bertz CT molecular complexity index is 705. The van der Waals surface area contributed by atoms with Crippen molar-refractivity contribution in [1.82, 2.24) is 4.98 Å².